The molecule has 0 bridgehead atoms. The lowest BCUT2D eigenvalue weighted by atomic mass is 10.0. The molecular formula is C16H17FN2O. The largest absolute Gasteiger partial charge is 0.386 e. The summed E-state index contributed by atoms with van der Waals surface area (Å²) in [4.78, 5) is 0. The SMILES string of the molecule is OC(c1cc2n(n1)[C@@H](c1ccccc1)C[C@H]2F)C1CC1. The minimum Gasteiger partial charge on any atom is -0.386 e. The molecule has 0 radical (unpaired) electrons. The topological polar surface area (TPSA) is 38.0 Å². The lowest BCUT2D eigenvalue weighted by molar-refractivity contribution is 0.147. The predicted molar refractivity (Wildman–Crippen MR) is 73.0 cm³/mol. The van der Waals surface area contributed by atoms with Crippen molar-refractivity contribution < 1.29 is 9.50 Å². The summed E-state index contributed by atoms with van der Waals surface area (Å²) in [6.07, 6.45) is 1.01. The van der Waals surface area contributed by atoms with E-state index in [0.717, 1.165) is 18.4 Å². The smallest absolute Gasteiger partial charge is 0.144 e. The summed E-state index contributed by atoms with van der Waals surface area (Å²) in [5.74, 6) is 0.318. The summed E-state index contributed by atoms with van der Waals surface area (Å²) in [7, 11) is 0. The van der Waals surface area contributed by atoms with Gasteiger partial charge in [0.05, 0.1) is 17.4 Å². The number of hydrogen-bond acceptors (Lipinski definition) is 2. The van der Waals surface area contributed by atoms with Crippen molar-refractivity contribution in [2.45, 2.75) is 37.6 Å². The van der Waals surface area contributed by atoms with E-state index in [1.807, 2.05) is 30.3 Å². The van der Waals surface area contributed by atoms with Crippen LogP contribution in [0.4, 0.5) is 4.39 Å². The Bertz CT molecular complexity index is 621. The van der Waals surface area contributed by atoms with Crippen molar-refractivity contribution in [3.63, 3.8) is 0 Å². The number of fused-ring (bicyclic) bond motifs is 1. The molecule has 4 rings (SSSR count). The zero-order valence-electron chi connectivity index (χ0n) is 11.1. The normalized spacial score (nSPS) is 26.5. The van der Waals surface area contributed by atoms with Crippen molar-refractivity contribution in [3.05, 3.63) is 53.3 Å². The lowest BCUT2D eigenvalue weighted by Crippen LogP contribution is -2.09. The number of halogens is 1. The highest BCUT2D eigenvalue weighted by atomic mass is 19.1. The van der Waals surface area contributed by atoms with Gasteiger partial charge in [0.15, 0.2) is 0 Å². The Morgan fingerprint density at radius 2 is 2.00 bits per heavy atom. The highest BCUT2D eigenvalue weighted by Gasteiger charge is 2.37. The first-order valence-electron chi connectivity index (χ1n) is 7.20. The summed E-state index contributed by atoms with van der Waals surface area (Å²) in [6.45, 7) is 0. The molecule has 20 heavy (non-hydrogen) atoms. The number of rotatable bonds is 3. The molecule has 4 heteroatoms. The fraction of sp³-hybridized carbons (Fsp3) is 0.438. The molecule has 0 amide bonds. The van der Waals surface area contributed by atoms with Crippen LogP contribution in [-0.2, 0) is 0 Å². The van der Waals surface area contributed by atoms with Crippen molar-refractivity contribution in [2.24, 2.45) is 5.92 Å². The van der Waals surface area contributed by atoms with Crippen LogP contribution < -0.4 is 0 Å². The Morgan fingerprint density at radius 1 is 1.25 bits per heavy atom. The Kier molecular flexibility index (Phi) is 2.67. The second-order valence-corrected chi connectivity index (χ2v) is 5.85. The third-order valence-electron chi connectivity index (χ3n) is 4.39. The molecule has 1 aromatic carbocycles. The minimum absolute atomic E-state index is 0.0543. The summed E-state index contributed by atoms with van der Waals surface area (Å²) >= 11 is 0. The maximum absolute atomic E-state index is 14.2. The highest BCUT2D eigenvalue weighted by molar-refractivity contribution is 5.28. The van der Waals surface area contributed by atoms with Gasteiger partial charge in [0.1, 0.15) is 12.3 Å². The van der Waals surface area contributed by atoms with E-state index in [9.17, 15) is 9.50 Å². The predicted octanol–water partition coefficient (Wildman–Crippen LogP) is 3.33. The van der Waals surface area contributed by atoms with E-state index in [2.05, 4.69) is 5.10 Å². The minimum atomic E-state index is -0.993. The first-order valence-corrected chi connectivity index (χ1v) is 7.20. The van der Waals surface area contributed by atoms with Crippen molar-refractivity contribution in [2.75, 3.05) is 0 Å². The fourth-order valence-corrected chi connectivity index (χ4v) is 3.08. The van der Waals surface area contributed by atoms with Crippen LogP contribution in [0.1, 0.15) is 54.5 Å². The fourth-order valence-electron chi connectivity index (χ4n) is 3.08. The van der Waals surface area contributed by atoms with Crippen LogP contribution in [0.25, 0.3) is 0 Å². The van der Waals surface area contributed by atoms with Gasteiger partial charge in [-0.15, -0.1) is 0 Å². The summed E-state index contributed by atoms with van der Waals surface area (Å²) in [5, 5.41) is 14.6. The van der Waals surface area contributed by atoms with Crippen molar-refractivity contribution in [1.82, 2.24) is 9.78 Å². The number of aliphatic hydroxyl groups is 1. The van der Waals surface area contributed by atoms with E-state index < -0.39 is 12.3 Å². The van der Waals surface area contributed by atoms with Crippen molar-refractivity contribution in [1.29, 1.82) is 0 Å². The maximum atomic E-state index is 14.2. The van der Waals surface area contributed by atoms with Gasteiger partial charge in [-0.05, 0) is 30.4 Å². The van der Waals surface area contributed by atoms with E-state index in [1.165, 1.54) is 0 Å². The second-order valence-electron chi connectivity index (χ2n) is 5.85. The number of aliphatic hydroxyl groups excluding tert-OH is 1. The van der Waals surface area contributed by atoms with Crippen molar-refractivity contribution >= 4 is 0 Å². The molecule has 0 saturated heterocycles. The van der Waals surface area contributed by atoms with Gasteiger partial charge >= 0.3 is 0 Å². The van der Waals surface area contributed by atoms with Gasteiger partial charge in [0, 0.05) is 6.42 Å². The lowest BCUT2D eigenvalue weighted by Gasteiger charge is -2.13. The molecule has 104 valence electrons. The van der Waals surface area contributed by atoms with Gasteiger partial charge in [0.2, 0.25) is 0 Å². The van der Waals surface area contributed by atoms with Crippen LogP contribution in [-0.4, -0.2) is 14.9 Å². The number of aromatic nitrogens is 2. The molecule has 1 aromatic heterocycles. The first-order chi connectivity index (χ1) is 9.74. The second kappa shape index (κ2) is 4.42. The average molecular weight is 272 g/mol. The standard InChI is InChI=1S/C16H17FN2O/c17-12-8-14(10-4-2-1-3-5-10)19-15(12)9-13(18-19)16(20)11-6-7-11/h1-5,9,11-12,14,16,20H,6-8H2/t12-,14-,16?/m1/s1. The number of alkyl halides is 1. The third-order valence-corrected chi connectivity index (χ3v) is 4.39. The van der Waals surface area contributed by atoms with Crippen LogP contribution in [0.15, 0.2) is 36.4 Å². The summed E-state index contributed by atoms with van der Waals surface area (Å²) in [6, 6.07) is 11.6. The number of benzene rings is 1. The Hall–Kier alpha value is -1.68. The monoisotopic (exact) mass is 272 g/mol. The molecule has 2 heterocycles. The zero-order chi connectivity index (χ0) is 13.7. The van der Waals surface area contributed by atoms with E-state index in [0.29, 0.717) is 23.7 Å². The molecule has 2 aliphatic rings. The quantitative estimate of drug-likeness (QED) is 0.930. The average Bonchev–Trinajstić information content (AvgIpc) is 3.15. The molecule has 3 atom stereocenters. The molecule has 1 aliphatic heterocycles. The maximum Gasteiger partial charge on any atom is 0.144 e. The molecule has 1 aliphatic carbocycles. The van der Waals surface area contributed by atoms with E-state index in [4.69, 9.17) is 0 Å². The van der Waals surface area contributed by atoms with Crippen LogP contribution in [0.2, 0.25) is 0 Å². The van der Waals surface area contributed by atoms with E-state index >= 15 is 0 Å². The molecule has 0 spiro atoms. The summed E-state index contributed by atoms with van der Waals surface area (Å²) in [5.41, 5.74) is 2.31. The molecular weight excluding hydrogens is 255 g/mol. The zero-order valence-corrected chi connectivity index (χ0v) is 11.1. The first kappa shape index (κ1) is 12.1. The molecule has 1 fully saturated rings. The van der Waals surface area contributed by atoms with Gasteiger partial charge in [-0.3, -0.25) is 4.68 Å². The highest BCUT2D eigenvalue weighted by Crippen LogP contribution is 2.44. The Morgan fingerprint density at radius 3 is 2.70 bits per heavy atom. The number of nitrogens with zero attached hydrogens (tertiary/aromatic N) is 2. The van der Waals surface area contributed by atoms with E-state index in [-0.39, 0.29) is 6.04 Å². The van der Waals surface area contributed by atoms with Crippen LogP contribution in [0, 0.1) is 5.92 Å². The molecule has 1 unspecified atom stereocenters. The Balaban J connectivity index is 1.71. The molecule has 2 aromatic rings. The summed E-state index contributed by atoms with van der Waals surface area (Å²) < 4.78 is 16.0. The van der Waals surface area contributed by atoms with Gasteiger partial charge in [-0.2, -0.15) is 5.10 Å². The van der Waals surface area contributed by atoms with Gasteiger partial charge < -0.3 is 5.11 Å². The van der Waals surface area contributed by atoms with Gasteiger partial charge in [-0.1, -0.05) is 30.3 Å². The van der Waals surface area contributed by atoms with Gasteiger partial charge in [-0.25, -0.2) is 4.39 Å². The van der Waals surface area contributed by atoms with Crippen molar-refractivity contribution in [3.8, 4) is 0 Å². The molecule has 1 saturated carbocycles. The van der Waals surface area contributed by atoms with Crippen LogP contribution in [0.3, 0.4) is 0 Å². The number of hydrogen-bond donors (Lipinski definition) is 1. The third kappa shape index (κ3) is 1.86. The molecule has 3 nitrogen and oxygen atoms in total. The van der Waals surface area contributed by atoms with Crippen LogP contribution in [0.5, 0.6) is 0 Å². The molecule has 1 N–H and O–H groups in total. The van der Waals surface area contributed by atoms with Crippen LogP contribution >= 0.6 is 0 Å². The van der Waals surface area contributed by atoms with E-state index in [1.54, 1.807) is 10.7 Å². The van der Waals surface area contributed by atoms with Gasteiger partial charge in [0.25, 0.3) is 0 Å². The Labute approximate surface area is 117 Å².